The van der Waals surface area contributed by atoms with Gasteiger partial charge in [-0.15, -0.1) is 5.10 Å². The molecule has 10 nitrogen and oxygen atoms in total. The van der Waals surface area contributed by atoms with Crippen LogP contribution in [0.4, 0.5) is 10.7 Å². The fourth-order valence-electron chi connectivity index (χ4n) is 3.34. The molecule has 0 spiro atoms. The van der Waals surface area contributed by atoms with E-state index in [0.29, 0.717) is 38.3 Å². The zero-order valence-electron chi connectivity index (χ0n) is 15.9. The lowest BCUT2D eigenvalue weighted by Crippen LogP contribution is -2.47. The molecule has 1 aliphatic rings. The normalized spacial score (nSPS) is 15.1. The fraction of sp³-hybridized carbons (Fsp3) is 0.588. The van der Waals surface area contributed by atoms with E-state index in [1.807, 2.05) is 13.8 Å². The molecule has 1 aliphatic heterocycles. The standard InChI is InChI=1S/C17H25N7O3/c1-4-27-17(26)23-7-5-12(6-8-23)20-14(25)9-13-10(2)19-16-21-15(18)22-24(16)11(13)3/h12H,4-9H2,1-3H3,(H2,18,22)(H,20,25). The van der Waals surface area contributed by atoms with Gasteiger partial charge in [-0.2, -0.15) is 9.50 Å². The van der Waals surface area contributed by atoms with E-state index in [4.69, 9.17) is 10.5 Å². The SMILES string of the molecule is CCOC(=O)N1CCC(NC(=O)Cc2c(C)nc3nc(N)nn3c2C)CC1. The van der Waals surface area contributed by atoms with E-state index < -0.39 is 0 Å². The van der Waals surface area contributed by atoms with Crippen LogP contribution in [0.1, 0.15) is 36.7 Å². The summed E-state index contributed by atoms with van der Waals surface area (Å²) in [5, 5.41) is 7.17. The molecular weight excluding hydrogens is 350 g/mol. The molecule has 3 heterocycles. The Bertz CT molecular complexity index is 856. The number of nitrogen functional groups attached to an aromatic ring is 1. The van der Waals surface area contributed by atoms with Crippen LogP contribution in [0.25, 0.3) is 5.78 Å². The van der Waals surface area contributed by atoms with Crippen LogP contribution >= 0.6 is 0 Å². The van der Waals surface area contributed by atoms with E-state index in [2.05, 4.69) is 20.4 Å². The summed E-state index contributed by atoms with van der Waals surface area (Å²) < 4.78 is 6.57. The van der Waals surface area contributed by atoms with E-state index in [9.17, 15) is 9.59 Å². The second kappa shape index (κ2) is 7.77. The second-order valence-electron chi connectivity index (χ2n) is 6.65. The predicted molar refractivity (Wildman–Crippen MR) is 98.1 cm³/mol. The van der Waals surface area contributed by atoms with Gasteiger partial charge >= 0.3 is 6.09 Å². The summed E-state index contributed by atoms with van der Waals surface area (Å²) in [7, 11) is 0. The highest BCUT2D eigenvalue weighted by molar-refractivity contribution is 5.79. The maximum Gasteiger partial charge on any atom is 0.409 e. The average molecular weight is 375 g/mol. The third kappa shape index (κ3) is 4.09. The van der Waals surface area contributed by atoms with Gasteiger partial charge in [0.15, 0.2) is 0 Å². The lowest BCUT2D eigenvalue weighted by molar-refractivity contribution is -0.121. The van der Waals surface area contributed by atoms with Crippen molar-refractivity contribution in [1.29, 1.82) is 0 Å². The third-order valence-electron chi connectivity index (χ3n) is 4.79. The predicted octanol–water partition coefficient (Wildman–Crippen LogP) is 0.603. The first-order valence-corrected chi connectivity index (χ1v) is 9.08. The van der Waals surface area contributed by atoms with Crippen molar-refractivity contribution < 1.29 is 14.3 Å². The van der Waals surface area contributed by atoms with Crippen molar-refractivity contribution in [2.24, 2.45) is 0 Å². The number of fused-ring (bicyclic) bond motifs is 1. The number of carbonyl (C=O) groups excluding carboxylic acids is 2. The van der Waals surface area contributed by atoms with Crippen LogP contribution in [0, 0.1) is 13.8 Å². The van der Waals surface area contributed by atoms with E-state index in [0.717, 1.165) is 17.0 Å². The molecule has 2 aromatic heterocycles. The molecular formula is C17H25N7O3. The smallest absolute Gasteiger partial charge is 0.409 e. The summed E-state index contributed by atoms with van der Waals surface area (Å²) >= 11 is 0. The van der Waals surface area contributed by atoms with Gasteiger partial charge in [-0.1, -0.05) is 0 Å². The van der Waals surface area contributed by atoms with Crippen LogP contribution in [-0.4, -0.2) is 62.2 Å². The monoisotopic (exact) mass is 375 g/mol. The first-order valence-electron chi connectivity index (χ1n) is 9.08. The minimum atomic E-state index is -0.292. The summed E-state index contributed by atoms with van der Waals surface area (Å²) in [5.74, 6) is 0.503. The topological polar surface area (TPSA) is 128 Å². The average Bonchev–Trinajstić information content (AvgIpc) is 3.00. The highest BCUT2D eigenvalue weighted by Crippen LogP contribution is 2.16. The summed E-state index contributed by atoms with van der Waals surface area (Å²) in [6.45, 7) is 7.02. The van der Waals surface area contributed by atoms with Crippen molar-refractivity contribution >= 4 is 23.7 Å². The zero-order valence-corrected chi connectivity index (χ0v) is 15.9. The Labute approximate surface area is 157 Å². The summed E-state index contributed by atoms with van der Waals surface area (Å²) in [5.41, 5.74) is 7.99. The molecule has 0 aromatic carbocycles. The number of aryl methyl sites for hydroxylation is 2. The van der Waals surface area contributed by atoms with Crippen molar-refractivity contribution in [2.45, 2.75) is 46.1 Å². The number of rotatable bonds is 4. The van der Waals surface area contributed by atoms with Gasteiger partial charge in [0.1, 0.15) is 0 Å². The summed E-state index contributed by atoms with van der Waals surface area (Å²) in [6, 6.07) is 0.0440. The lowest BCUT2D eigenvalue weighted by atomic mass is 10.0. The Hall–Kier alpha value is -2.91. The molecule has 27 heavy (non-hydrogen) atoms. The van der Waals surface area contributed by atoms with Crippen LogP contribution in [0.2, 0.25) is 0 Å². The van der Waals surface area contributed by atoms with E-state index in [-0.39, 0.29) is 30.4 Å². The van der Waals surface area contributed by atoms with Gasteiger partial charge in [0.05, 0.1) is 13.0 Å². The Morgan fingerprint density at radius 3 is 2.63 bits per heavy atom. The molecule has 10 heteroatoms. The number of hydrogen-bond donors (Lipinski definition) is 2. The molecule has 2 aromatic rings. The molecule has 0 saturated carbocycles. The van der Waals surface area contributed by atoms with E-state index in [1.165, 1.54) is 0 Å². The highest BCUT2D eigenvalue weighted by atomic mass is 16.6. The van der Waals surface area contributed by atoms with Crippen molar-refractivity contribution in [3.05, 3.63) is 17.0 Å². The van der Waals surface area contributed by atoms with Gasteiger partial charge in [-0.25, -0.2) is 9.78 Å². The van der Waals surface area contributed by atoms with Crippen LogP contribution in [-0.2, 0) is 16.0 Å². The number of nitrogens with two attached hydrogens (primary N) is 1. The van der Waals surface area contributed by atoms with Gasteiger partial charge in [0, 0.05) is 36.1 Å². The fourth-order valence-corrected chi connectivity index (χ4v) is 3.34. The molecule has 3 N–H and O–H groups in total. The van der Waals surface area contributed by atoms with Gasteiger partial charge < -0.3 is 20.7 Å². The molecule has 0 radical (unpaired) electrons. The van der Waals surface area contributed by atoms with Gasteiger partial charge in [-0.3, -0.25) is 4.79 Å². The van der Waals surface area contributed by atoms with Crippen molar-refractivity contribution in [1.82, 2.24) is 29.8 Å². The molecule has 3 rings (SSSR count). The number of carbonyl (C=O) groups is 2. The van der Waals surface area contributed by atoms with Crippen LogP contribution in [0.5, 0.6) is 0 Å². The molecule has 0 unspecified atom stereocenters. The van der Waals surface area contributed by atoms with Gasteiger partial charge in [0.2, 0.25) is 11.9 Å². The third-order valence-corrected chi connectivity index (χ3v) is 4.79. The minimum absolute atomic E-state index is 0.0440. The number of amides is 2. The quantitative estimate of drug-likeness (QED) is 0.801. The Kier molecular flexibility index (Phi) is 5.43. The number of piperidine rings is 1. The number of ether oxygens (including phenoxy) is 1. The van der Waals surface area contributed by atoms with Crippen molar-refractivity contribution in [3.8, 4) is 0 Å². The number of aromatic nitrogens is 4. The lowest BCUT2D eigenvalue weighted by Gasteiger charge is -2.31. The maximum absolute atomic E-state index is 12.5. The first-order chi connectivity index (χ1) is 12.9. The van der Waals surface area contributed by atoms with E-state index in [1.54, 1.807) is 16.3 Å². The first kappa shape index (κ1) is 18.9. The molecule has 1 fully saturated rings. The summed E-state index contributed by atoms with van der Waals surface area (Å²) in [6.07, 6.45) is 1.33. The number of anilines is 1. The molecule has 0 atom stereocenters. The Morgan fingerprint density at radius 2 is 1.96 bits per heavy atom. The largest absolute Gasteiger partial charge is 0.450 e. The van der Waals surface area contributed by atoms with Gasteiger partial charge in [0.25, 0.3) is 5.78 Å². The van der Waals surface area contributed by atoms with Gasteiger partial charge in [-0.05, 0) is 33.6 Å². The van der Waals surface area contributed by atoms with Crippen molar-refractivity contribution in [2.75, 3.05) is 25.4 Å². The summed E-state index contributed by atoms with van der Waals surface area (Å²) in [4.78, 5) is 34.4. The number of hydrogen-bond acceptors (Lipinski definition) is 7. The number of likely N-dealkylation sites (tertiary alicyclic amines) is 1. The zero-order chi connectivity index (χ0) is 19.6. The maximum atomic E-state index is 12.5. The second-order valence-corrected chi connectivity index (χ2v) is 6.65. The molecule has 0 aliphatic carbocycles. The Morgan fingerprint density at radius 1 is 1.26 bits per heavy atom. The van der Waals surface area contributed by atoms with E-state index >= 15 is 0 Å². The van der Waals surface area contributed by atoms with Crippen LogP contribution in [0.3, 0.4) is 0 Å². The van der Waals surface area contributed by atoms with Crippen LogP contribution in [0.15, 0.2) is 0 Å². The molecule has 146 valence electrons. The highest BCUT2D eigenvalue weighted by Gasteiger charge is 2.25. The molecule has 0 bridgehead atoms. The Balaban J connectivity index is 1.60. The number of nitrogens with zero attached hydrogens (tertiary/aromatic N) is 5. The molecule has 2 amide bonds. The molecule has 1 saturated heterocycles. The van der Waals surface area contributed by atoms with Crippen LogP contribution < -0.4 is 11.1 Å². The van der Waals surface area contributed by atoms with Crippen molar-refractivity contribution in [3.63, 3.8) is 0 Å². The number of nitrogens with one attached hydrogen (secondary N) is 1. The minimum Gasteiger partial charge on any atom is -0.450 e.